The largest absolute Gasteiger partial charge is 0.372 e. The molecule has 0 radical (unpaired) electrons. The lowest BCUT2D eigenvalue weighted by Crippen LogP contribution is -2.56. The molecule has 0 aromatic heterocycles. The first-order valence-corrected chi connectivity index (χ1v) is 7.41. The van der Waals surface area contributed by atoms with Crippen LogP contribution in [0.15, 0.2) is 42.5 Å². The first-order valence-electron chi connectivity index (χ1n) is 7.03. The van der Waals surface area contributed by atoms with Crippen molar-refractivity contribution in [3.8, 4) is 0 Å². The second-order valence-corrected chi connectivity index (χ2v) is 6.26. The molecule has 1 aliphatic carbocycles. The topological polar surface area (TPSA) is 66.4 Å². The minimum absolute atomic E-state index is 0.0151. The van der Waals surface area contributed by atoms with Gasteiger partial charge in [-0.3, -0.25) is 9.59 Å². The van der Waals surface area contributed by atoms with Crippen molar-refractivity contribution in [2.45, 2.75) is 17.7 Å². The molecule has 23 heavy (non-hydrogen) atoms. The smallest absolute Gasteiger partial charge is 0.265 e. The van der Waals surface area contributed by atoms with Crippen molar-refractivity contribution in [3.63, 3.8) is 0 Å². The number of nitrogens with one attached hydrogen (secondary N) is 1. The summed E-state index contributed by atoms with van der Waals surface area (Å²) in [5.74, 6) is -1.85. The lowest BCUT2D eigenvalue weighted by molar-refractivity contribution is -0.148. The summed E-state index contributed by atoms with van der Waals surface area (Å²) in [5, 5.41) is 13.6. The van der Waals surface area contributed by atoms with Gasteiger partial charge in [0.25, 0.3) is 5.91 Å². The van der Waals surface area contributed by atoms with Gasteiger partial charge in [-0.05, 0) is 23.8 Å². The van der Waals surface area contributed by atoms with Crippen LogP contribution in [0.2, 0.25) is 5.02 Å². The van der Waals surface area contributed by atoms with Crippen molar-refractivity contribution in [3.05, 3.63) is 64.2 Å². The van der Waals surface area contributed by atoms with Crippen LogP contribution in [-0.4, -0.2) is 22.5 Å². The van der Waals surface area contributed by atoms with Crippen LogP contribution in [0.5, 0.6) is 0 Å². The van der Waals surface area contributed by atoms with Gasteiger partial charge in [-0.2, -0.15) is 0 Å². The van der Waals surface area contributed by atoms with Crippen LogP contribution in [0.3, 0.4) is 0 Å². The van der Waals surface area contributed by atoms with Crippen molar-refractivity contribution in [1.82, 2.24) is 0 Å². The van der Waals surface area contributed by atoms with Gasteiger partial charge in [0.15, 0.2) is 0 Å². The Morgan fingerprint density at radius 3 is 2.65 bits per heavy atom. The van der Waals surface area contributed by atoms with Crippen molar-refractivity contribution < 1.29 is 19.1 Å². The van der Waals surface area contributed by atoms with Crippen LogP contribution in [0.4, 0.5) is 10.1 Å². The van der Waals surface area contributed by atoms with Crippen molar-refractivity contribution in [2.24, 2.45) is 0 Å². The number of amides is 1. The molecule has 2 aliphatic rings. The number of anilines is 1. The molecular weight excluding hydrogens is 321 g/mol. The number of rotatable bonds is 1. The summed E-state index contributed by atoms with van der Waals surface area (Å²) in [6.45, 7) is 0. The molecule has 1 aliphatic heterocycles. The summed E-state index contributed by atoms with van der Waals surface area (Å²) in [6, 6.07) is 10.7. The Labute approximate surface area is 135 Å². The number of benzene rings is 2. The van der Waals surface area contributed by atoms with Crippen molar-refractivity contribution in [1.29, 1.82) is 0 Å². The highest BCUT2D eigenvalue weighted by molar-refractivity contribution is 6.31. The third-order valence-corrected chi connectivity index (χ3v) is 4.81. The fraction of sp³-hybridized carbons (Fsp3) is 0.176. The van der Waals surface area contributed by atoms with E-state index in [0.717, 1.165) is 0 Å². The van der Waals surface area contributed by atoms with Gasteiger partial charge >= 0.3 is 0 Å². The Kier molecular flexibility index (Phi) is 2.75. The van der Waals surface area contributed by atoms with Gasteiger partial charge in [-0.15, -0.1) is 0 Å². The lowest BCUT2D eigenvalue weighted by atomic mass is 9.77. The number of ketones is 1. The predicted molar refractivity (Wildman–Crippen MR) is 82.3 cm³/mol. The Hall–Kier alpha value is -2.24. The van der Waals surface area contributed by atoms with E-state index in [2.05, 4.69) is 5.32 Å². The van der Waals surface area contributed by atoms with Crippen LogP contribution in [0.25, 0.3) is 0 Å². The molecule has 116 valence electrons. The molecule has 6 heteroatoms. The third kappa shape index (κ3) is 1.63. The average molecular weight is 332 g/mol. The van der Waals surface area contributed by atoms with E-state index >= 15 is 4.39 Å². The first kappa shape index (κ1) is 14.4. The molecule has 0 spiro atoms. The van der Waals surface area contributed by atoms with Gasteiger partial charge in [0.05, 0.1) is 0 Å². The fourth-order valence-corrected chi connectivity index (χ4v) is 3.57. The van der Waals surface area contributed by atoms with Gasteiger partial charge in [0.2, 0.25) is 17.1 Å². The van der Waals surface area contributed by atoms with Gasteiger partial charge in [0.1, 0.15) is 0 Å². The van der Waals surface area contributed by atoms with E-state index in [-0.39, 0.29) is 28.3 Å². The van der Waals surface area contributed by atoms with Gasteiger partial charge in [-0.1, -0.05) is 35.9 Å². The van der Waals surface area contributed by atoms with E-state index in [4.69, 9.17) is 11.6 Å². The van der Waals surface area contributed by atoms with Gasteiger partial charge in [-0.25, -0.2) is 4.39 Å². The molecule has 2 aromatic rings. The summed E-state index contributed by atoms with van der Waals surface area (Å²) in [6.07, 6.45) is -0.363. The minimum atomic E-state index is -2.77. The van der Waals surface area contributed by atoms with Crippen molar-refractivity contribution in [2.75, 3.05) is 5.32 Å². The van der Waals surface area contributed by atoms with Gasteiger partial charge < -0.3 is 10.4 Å². The molecule has 0 saturated heterocycles. The molecule has 4 nitrogen and oxygen atoms in total. The molecule has 0 bridgehead atoms. The molecule has 2 N–H and O–H groups in total. The first-order chi connectivity index (χ1) is 10.9. The Morgan fingerprint density at radius 2 is 1.91 bits per heavy atom. The van der Waals surface area contributed by atoms with Crippen LogP contribution in [0, 0.1) is 0 Å². The number of fused-ring (bicyclic) bond motifs is 2. The zero-order valence-electron chi connectivity index (χ0n) is 11.8. The molecule has 4 rings (SSSR count). The number of carbonyl (C=O) groups excluding carboxylic acids is 2. The zero-order chi connectivity index (χ0) is 16.4. The number of carbonyl (C=O) groups is 2. The molecule has 2 atom stereocenters. The molecule has 0 saturated carbocycles. The normalized spacial score (nSPS) is 28.5. The van der Waals surface area contributed by atoms with Crippen LogP contribution < -0.4 is 5.32 Å². The number of halogens is 2. The standard InChI is InChI=1S/C17H11ClFNO3/c18-10-5-6-13-12(7-10)17(23,15(22)20-13)16(19)8-9-3-1-2-4-11(9)14(16)21/h1-7,23H,8H2,(H,20,22)/t16-,17+/m1/s1. The maximum atomic E-state index is 15.7. The maximum absolute atomic E-state index is 15.7. The molecule has 2 aromatic carbocycles. The molecule has 1 heterocycles. The molecular formula is C17H11ClFNO3. The number of Topliss-reactive ketones (excluding diaryl/α,β-unsaturated/α-hetero) is 1. The highest BCUT2D eigenvalue weighted by atomic mass is 35.5. The summed E-state index contributed by atoms with van der Waals surface area (Å²) < 4.78 is 15.7. The quantitative estimate of drug-likeness (QED) is 0.844. The van der Waals surface area contributed by atoms with Crippen LogP contribution in [-0.2, 0) is 16.8 Å². The van der Waals surface area contributed by atoms with E-state index in [0.29, 0.717) is 5.56 Å². The van der Waals surface area contributed by atoms with Crippen molar-refractivity contribution >= 4 is 29.0 Å². The van der Waals surface area contributed by atoms with Crippen LogP contribution in [0.1, 0.15) is 21.5 Å². The van der Waals surface area contributed by atoms with Gasteiger partial charge in [0, 0.05) is 28.3 Å². The zero-order valence-corrected chi connectivity index (χ0v) is 12.5. The summed E-state index contributed by atoms with van der Waals surface area (Å²) >= 11 is 5.92. The average Bonchev–Trinajstić information content (AvgIpc) is 2.95. The second kappa shape index (κ2) is 4.40. The SMILES string of the molecule is O=C1c2ccccc2C[C@]1(F)[C@@]1(O)C(=O)Nc2ccc(Cl)cc21. The molecule has 0 fully saturated rings. The third-order valence-electron chi connectivity index (χ3n) is 4.58. The predicted octanol–water partition coefficient (Wildman–Crippen LogP) is 2.63. The second-order valence-electron chi connectivity index (χ2n) is 5.82. The Bertz CT molecular complexity index is 884. The number of hydrogen-bond acceptors (Lipinski definition) is 3. The monoisotopic (exact) mass is 331 g/mol. The number of hydrogen-bond donors (Lipinski definition) is 2. The maximum Gasteiger partial charge on any atom is 0.265 e. The highest BCUT2D eigenvalue weighted by Gasteiger charge is 2.67. The molecule has 0 unspecified atom stereocenters. The van der Waals surface area contributed by atoms with E-state index in [9.17, 15) is 14.7 Å². The fourth-order valence-electron chi connectivity index (χ4n) is 3.40. The Balaban J connectivity index is 1.93. The summed E-state index contributed by atoms with van der Waals surface area (Å²) in [7, 11) is 0. The van der Waals surface area contributed by atoms with E-state index in [1.807, 2.05) is 0 Å². The lowest BCUT2D eigenvalue weighted by Gasteiger charge is -2.32. The van der Waals surface area contributed by atoms with E-state index in [1.165, 1.54) is 24.3 Å². The van der Waals surface area contributed by atoms with E-state index < -0.39 is 23.0 Å². The molecule has 1 amide bonds. The Morgan fingerprint density at radius 1 is 1.17 bits per heavy atom. The minimum Gasteiger partial charge on any atom is -0.372 e. The van der Waals surface area contributed by atoms with Crippen LogP contribution >= 0.6 is 11.6 Å². The highest BCUT2D eigenvalue weighted by Crippen LogP contribution is 2.51. The summed E-state index contributed by atoms with van der Waals surface area (Å²) in [4.78, 5) is 25.0. The summed E-state index contributed by atoms with van der Waals surface area (Å²) in [5.41, 5.74) is -4.48. The number of alkyl halides is 1. The van der Waals surface area contributed by atoms with E-state index in [1.54, 1.807) is 18.2 Å². The number of aliphatic hydroxyl groups is 1.